The van der Waals surface area contributed by atoms with Gasteiger partial charge in [0.15, 0.2) is 0 Å². The number of hydrogen-bond acceptors (Lipinski definition) is 4. The molecule has 1 aliphatic rings. The highest BCUT2D eigenvalue weighted by atomic mass is 32.2. The molecular formula is C10H12O4S. The van der Waals surface area contributed by atoms with Crippen molar-refractivity contribution in [2.45, 2.75) is 10.8 Å². The summed E-state index contributed by atoms with van der Waals surface area (Å²) in [7, 11) is -2.40. The Morgan fingerprint density at radius 3 is 2.27 bits per heavy atom. The van der Waals surface area contributed by atoms with Crippen molar-refractivity contribution in [2.75, 3.05) is 20.3 Å². The Morgan fingerprint density at radius 2 is 1.87 bits per heavy atom. The Hall–Kier alpha value is -0.910. The highest BCUT2D eigenvalue weighted by Crippen LogP contribution is 2.25. The van der Waals surface area contributed by atoms with Crippen molar-refractivity contribution in [2.24, 2.45) is 0 Å². The van der Waals surface area contributed by atoms with E-state index < -0.39 is 10.1 Å². The molecule has 4 nitrogen and oxygen atoms in total. The van der Waals surface area contributed by atoms with E-state index in [1.54, 1.807) is 24.3 Å². The van der Waals surface area contributed by atoms with Gasteiger partial charge < -0.3 is 4.74 Å². The van der Waals surface area contributed by atoms with E-state index in [1.165, 1.54) is 0 Å². The van der Waals surface area contributed by atoms with Gasteiger partial charge in [0, 0.05) is 5.92 Å². The van der Waals surface area contributed by atoms with Crippen LogP contribution in [0, 0.1) is 0 Å². The molecule has 0 aromatic heterocycles. The monoisotopic (exact) mass is 228 g/mol. The molecule has 1 aliphatic heterocycles. The minimum atomic E-state index is -3.56. The van der Waals surface area contributed by atoms with Gasteiger partial charge in [-0.15, -0.1) is 0 Å². The molecule has 0 spiro atoms. The number of ether oxygens (including phenoxy) is 1. The van der Waals surface area contributed by atoms with Crippen molar-refractivity contribution in [1.29, 1.82) is 0 Å². The third kappa shape index (κ3) is 2.04. The van der Waals surface area contributed by atoms with E-state index in [9.17, 15) is 8.42 Å². The minimum absolute atomic E-state index is 0.189. The van der Waals surface area contributed by atoms with Crippen LogP contribution in [0.4, 0.5) is 0 Å². The summed E-state index contributed by atoms with van der Waals surface area (Å²) in [4.78, 5) is 0.189. The van der Waals surface area contributed by atoms with Crippen LogP contribution in [0.25, 0.3) is 0 Å². The first kappa shape index (κ1) is 10.6. The maximum Gasteiger partial charge on any atom is 0.296 e. The molecule has 0 saturated carbocycles. The fourth-order valence-corrected chi connectivity index (χ4v) is 2.09. The lowest BCUT2D eigenvalue weighted by Gasteiger charge is -2.26. The van der Waals surface area contributed by atoms with Crippen molar-refractivity contribution >= 4 is 10.1 Å². The Balaban J connectivity index is 2.24. The van der Waals surface area contributed by atoms with Gasteiger partial charge in [0.05, 0.1) is 25.2 Å². The molecular weight excluding hydrogens is 216 g/mol. The van der Waals surface area contributed by atoms with Crippen molar-refractivity contribution in [3.63, 3.8) is 0 Å². The zero-order valence-corrected chi connectivity index (χ0v) is 9.16. The Bertz CT molecular complexity index is 431. The van der Waals surface area contributed by atoms with E-state index in [1.807, 2.05) is 0 Å². The van der Waals surface area contributed by atoms with E-state index in [2.05, 4.69) is 4.18 Å². The SMILES string of the molecule is COS(=O)(=O)c1ccc(C2COC2)cc1. The quantitative estimate of drug-likeness (QED) is 0.728. The summed E-state index contributed by atoms with van der Waals surface area (Å²) in [6.07, 6.45) is 0. The van der Waals surface area contributed by atoms with Gasteiger partial charge in [-0.3, -0.25) is 4.18 Å². The molecule has 1 aromatic rings. The summed E-state index contributed by atoms with van der Waals surface area (Å²) < 4.78 is 32.1. The molecule has 82 valence electrons. The number of hydrogen-bond donors (Lipinski definition) is 0. The topological polar surface area (TPSA) is 52.6 Å². The molecule has 2 rings (SSSR count). The van der Waals surface area contributed by atoms with Gasteiger partial charge in [-0.2, -0.15) is 8.42 Å². The van der Waals surface area contributed by atoms with Crippen molar-refractivity contribution in [3.8, 4) is 0 Å². The van der Waals surface area contributed by atoms with Crippen molar-refractivity contribution in [1.82, 2.24) is 0 Å². The second kappa shape index (κ2) is 3.92. The van der Waals surface area contributed by atoms with Gasteiger partial charge in [0.2, 0.25) is 0 Å². The molecule has 0 bridgehead atoms. The molecule has 0 radical (unpaired) electrons. The van der Waals surface area contributed by atoms with Crippen LogP contribution in [0.5, 0.6) is 0 Å². The predicted octanol–water partition coefficient (Wildman–Crippen LogP) is 1.14. The molecule has 1 saturated heterocycles. The normalized spacial score (nSPS) is 17.4. The Labute approximate surface area is 88.9 Å². The van der Waals surface area contributed by atoms with Crippen LogP contribution >= 0.6 is 0 Å². The van der Waals surface area contributed by atoms with E-state index in [0.29, 0.717) is 5.92 Å². The van der Waals surface area contributed by atoms with E-state index in [0.717, 1.165) is 25.9 Å². The summed E-state index contributed by atoms with van der Waals surface area (Å²) in [6.45, 7) is 1.44. The van der Waals surface area contributed by atoms with Crippen LogP contribution in [0.2, 0.25) is 0 Å². The Kier molecular flexibility index (Phi) is 2.77. The first-order chi connectivity index (χ1) is 7.13. The van der Waals surface area contributed by atoms with Crippen LogP contribution in [0.15, 0.2) is 29.2 Å². The fraction of sp³-hybridized carbons (Fsp3) is 0.400. The lowest BCUT2D eigenvalue weighted by atomic mass is 9.98. The summed E-state index contributed by atoms with van der Waals surface area (Å²) in [5.74, 6) is 0.407. The standard InChI is InChI=1S/C10H12O4S/c1-13-15(11,12)10-4-2-8(3-5-10)9-6-14-7-9/h2-5,9H,6-7H2,1H3. The predicted molar refractivity (Wildman–Crippen MR) is 54.2 cm³/mol. The average molecular weight is 228 g/mol. The summed E-state index contributed by atoms with van der Waals surface area (Å²) in [5, 5.41) is 0. The van der Waals surface area contributed by atoms with Crippen LogP contribution in [0.1, 0.15) is 11.5 Å². The van der Waals surface area contributed by atoms with Crippen LogP contribution < -0.4 is 0 Å². The second-order valence-corrected chi connectivity index (χ2v) is 5.14. The highest BCUT2D eigenvalue weighted by molar-refractivity contribution is 7.86. The van der Waals surface area contributed by atoms with Gasteiger partial charge >= 0.3 is 0 Å². The zero-order valence-electron chi connectivity index (χ0n) is 8.34. The molecule has 0 atom stereocenters. The first-order valence-electron chi connectivity index (χ1n) is 4.62. The van der Waals surface area contributed by atoms with Gasteiger partial charge in [-0.25, -0.2) is 0 Å². The third-order valence-electron chi connectivity index (χ3n) is 2.50. The number of rotatable bonds is 3. The molecule has 0 amide bonds. The summed E-state index contributed by atoms with van der Waals surface area (Å²) in [5.41, 5.74) is 1.11. The van der Waals surface area contributed by atoms with Crippen LogP contribution in [-0.2, 0) is 19.0 Å². The lowest BCUT2D eigenvalue weighted by molar-refractivity contribution is 0.00840. The molecule has 0 unspecified atom stereocenters. The van der Waals surface area contributed by atoms with E-state index >= 15 is 0 Å². The summed E-state index contributed by atoms with van der Waals surface area (Å²) >= 11 is 0. The molecule has 1 heterocycles. The lowest BCUT2D eigenvalue weighted by Crippen LogP contribution is -2.24. The average Bonchev–Trinajstić information content (AvgIpc) is 2.16. The van der Waals surface area contributed by atoms with Gasteiger partial charge in [-0.1, -0.05) is 12.1 Å². The van der Waals surface area contributed by atoms with E-state index in [-0.39, 0.29) is 4.90 Å². The molecule has 1 fully saturated rings. The molecule has 5 heteroatoms. The fourth-order valence-electron chi connectivity index (χ4n) is 1.43. The van der Waals surface area contributed by atoms with Crippen LogP contribution in [0.3, 0.4) is 0 Å². The smallest absolute Gasteiger partial charge is 0.296 e. The summed E-state index contributed by atoms with van der Waals surface area (Å²) in [6, 6.07) is 6.73. The number of benzene rings is 1. The molecule has 15 heavy (non-hydrogen) atoms. The second-order valence-electron chi connectivity index (χ2n) is 3.42. The maximum absolute atomic E-state index is 11.3. The minimum Gasteiger partial charge on any atom is -0.380 e. The van der Waals surface area contributed by atoms with Gasteiger partial charge in [-0.05, 0) is 17.7 Å². The van der Waals surface area contributed by atoms with Gasteiger partial charge in [0.1, 0.15) is 0 Å². The van der Waals surface area contributed by atoms with Gasteiger partial charge in [0.25, 0.3) is 10.1 Å². The highest BCUT2D eigenvalue weighted by Gasteiger charge is 2.21. The first-order valence-corrected chi connectivity index (χ1v) is 6.02. The maximum atomic E-state index is 11.3. The molecule has 1 aromatic carbocycles. The van der Waals surface area contributed by atoms with Crippen LogP contribution in [-0.4, -0.2) is 28.7 Å². The molecule has 0 N–H and O–H groups in total. The molecule has 0 aliphatic carbocycles. The zero-order chi connectivity index (χ0) is 10.9. The van der Waals surface area contributed by atoms with Crippen molar-refractivity contribution in [3.05, 3.63) is 29.8 Å². The largest absolute Gasteiger partial charge is 0.380 e. The van der Waals surface area contributed by atoms with Crippen molar-refractivity contribution < 1.29 is 17.3 Å². The third-order valence-corrected chi connectivity index (χ3v) is 3.79. The Morgan fingerprint density at radius 1 is 1.27 bits per heavy atom. The van der Waals surface area contributed by atoms with E-state index in [4.69, 9.17) is 4.74 Å².